The fourth-order valence-electron chi connectivity index (χ4n) is 7.04. The van der Waals surface area contributed by atoms with Crippen molar-refractivity contribution in [3.63, 3.8) is 0 Å². The molecule has 8 aromatic rings. The molecular formula is C37H25N3S. The van der Waals surface area contributed by atoms with Gasteiger partial charge in [-0.3, -0.25) is 9.55 Å². The molecule has 4 heterocycles. The van der Waals surface area contributed by atoms with Gasteiger partial charge in [0.2, 0.25) is 0 Å². The zero-order chi connectivity index (χ0) is 27.3. The molecule has 0 unspecified atom stereocenters. The van der Waals surface area contributed by atoms with Gasteiger partial charge in [0.25, 0.3) is 0 Å². The van der Waals surface area contributed by atoms with Gasteiger partial charge in [-0.05, 0) is 51.6 Å². The van der Waals surface area contributed by atoms with E-state index in [1.165, 1.54) is 53.5 Å². The number of para-hydroxylation sites is 1. The summed E-state index contributed by atoms with van der Waals surface area (Å²) >= 11 is 1.90. The first kappa shape index (κ1) is 23.1. The molecule has 0 fully saturated rings. The summed E-state index contributed by atoms with van der Waals surface area (Å²) in [6.45, 7) is 4.75. The third kappa shape index (κ3) is 3.06. The van der Waals surface area contributed by atoms with Crippen LogP contribution in [0.4, 0.5) is 0 Å². The lowest BCUT2D eigenvalue weighted by Crippen LogP contribution is -2.24. The highest BCUT2D eigenvalue weighted by Gasteiger charge is 2.37. The standard InChI is InChI=1S/C37H25N3S/c1-37(2)28-14-6-8-16-30(28)41-36-33(37)25-12-4-3-11-24(25)32-26-13-5-7-15-29(26)40(35(32)36)31-20-23-18-17-22-10-9-19-38-34(22)27(23)21-39-31/h3-21H,1-2H3. The second kappa shape index (κ2) is 8.18. The molecule has 41 heavy (non-hydrogen) atoms. The topological polar surface area (TPSA) is 30.7 Å². The number of benzene rings is 5. The first-order chi connectivity index (χ1) is 20.1. The molecule has 3 nitrogen and oxygen atoms in total. The molecule has 0 radical (unpaired) electrons. The Kier molecular flexibility index (Phi) is 4.61. The SMILES string of the molecule is CC1(C)c2ccccc2Sc2c1c1ccccc1c1c3ccccc3n(-c3cc4ccc5cccnc5c4cn3)c21. The predicted octanol–water partition coefficient (Wildman–Crippen LogP) is 9.82. The van der Waals surface area contributed by atoms with E-state index in [2.05, 4.69) is 120 Å². The second-order valence-electron chi connectivity index (χ2n) is 11.5. The van der Waals surface area contributed by atoms with E-state index in [4.69, 9.17) is 4.98 Å². The Morgan fingerprint density at radius 2 is 1.44 bits per heavy atom. The van der Waals surface area contributed by atoms with Crippen molar-refractivity contribution in [3.05, 3.63) is 127 Å². The number of nitrogens with zero attached hydrogens (tertiary/aromatic N) is 3. The van der Waals surface area contributed by atoms with Gasteiger partial charge >= 0.3 is 0 Å². The summed E-state index contributed by atoms with van der Waals surface area (Å²) in [5.74, 6) is 0.925. The van der Waals surface area contributed by atoms with Crippen LogP contribution in [0.2, 0.25) is 0 Å². The average molecular weight is 544 g/mol. The van der Waals surface area contributed by atoms with Gasteiger partial charge in [-0.2, -0.15) is 0 Å². The van der Waals surface area contributed by atoms with Crippen molar-refractivity contribution in [3.8, 4) is 5.82 Å². The highest BCUT2D eigenvalue weighted by Crippen LogP contribution is 2.55. The molecule has 1 aliphatic heterocycles. The Morgan fingerprint density at radius 1 is 0.683 bits per heavy atom. The van der Waals surface area contributed by atoms with Crippen LogP contribution in [-0.2, 0) is 5.41 Å². The highest BCUT2D eigenvalue weighted by molar-refractivity contribution is 7.99. The van der Waals surface area contributed by atoms with Crippen LogP contribution < -0.4 is 0 Å². The van der Waals surface area contributed by atoms with Crippen LogP contribution in [0.5, 0.6) is 0 Å². The van der Waals surface area contributed by atoms with Crippen LogP contribution in [-0.4, -0.2) is 14.5 Å². The maximum absolute atomic E-state index is 5.12. The fraction of sp³-hybridized carbons (Fsp3) is 0.0811. The van der Waals surface area contributed by atoms with Crippen molar-refractivity contribution >= 4 is 66.0 Å². The van der Waals surface area contributed by atoms with Crippen LogP contribution >= 0.6 is 11.8 Å². The molecule has 0 N–H and O–H groups in total. The van der Waals surface area contributed by atoms with Crippen LogP contribution in [0.1, 0.15) is 25.0 Å². The molecule has 0 bridgehead atoms. The Hall–Kier alpha value is -4.67. The Balaban J connectivity index is 1.47. The van der Waals surface area contributed by atoms with Crippen molar-refractivity contribution in [2.45, 2.75) is 29.1 Å². The minimum absolute atomic E-state index is 0.159. The minimum atomic E-state index is -0.159. The number of rotatable bonds is 1. The van der Waals surface area contributed by atoms with Crippen molar-refractivity contribution in [1.29, 1.82) is 0 Å². The Morgan fingerprint density at radius 3 is 2.34 bits per heavy atom. The van der Waals surface area contributed by atoms with Crippen LogP contribution in [0, 0.1) is 0 Å². The van der Waals surface area contributed by atoms with Gasteiger partial charge in [-0.1, -0.05) is 104 Å². The number of fused-ring (bicyclic) bond motifs is 12. The van der Waals surface area contributed by atoms with Gasteiger partial charge in [0.15, 0.2) is 0 Å². The third-order valence-corrected chi connectivity index (χ3v) is 10.0. The molecule has 0 saturated heterocycles. The molecule has 3 aromatic heterocycles. The predicted molar refractivity (Wildman–Crippen MR) is 172 cm³/mol. The summed E-state index contributed by atoms with van der Waals surface area (Å²) in [6, 6.07) is 37.3. The van der Waals surface area contributed by atoms with E-state index in [0.717, 1.165) is 27.5 Å². The average Bonchev–Trinajstić information content (AvgIpc) is 3.36. The van der Waals surface area contributed by atoms with Gasteiger partial charge in [0, 0.05) is 49.1 Å². The maximum atomic E-state index is 5.12. The van der Waals surface area contributed by atoms with Crippen LogP contribution in [0.15, 0.2) is 125 Å². The van der Waals surface area contributed by atoms with E-state index in [9.17, 15) is 0 Å². The van der Waals surface area contributed by atoms with Gasteiger partial charge in [-0.25, -0.2) is 4.98 Å². The molecule has 5 aromatic carbocycles. The van der Waals surface area contributed by atoms with Crippen molar-refractivity contribution < 1.29 is 0 Å². The Bertz CT molecular complexity index is 2380. The zero-order valence-electron chi connectivity index (χ0n) is 22.7. The van der Waals surface area contributed by atoms with E-state index in [-0.39, 0.29) is 5.41 Å². The summed E-state index contributed by atoms with van der Waals surface area (Å²) < 4.78 is 2.40. The third-order valence-electron chi connectivity index (χ3n) is 8.87. The summed E-state index contributed by atoms with van der Waals surface area (Å²) in [5.41, 5.74) is 6.01. The van der Waals surface area contributed by atoms with Crippen LogP contribution in [0.25, 0.3) is 60.1 Å². The van der Waals surface area contributed by atoms with Gasteiger partial charge in [0.05, 0.1) is 16.6 Å². The smallest absolute Gasteiger partial charge is 0.138 e. The normalized spacial score (nSPS) is 14.2. The summed E-state index contributed by atoms with van der Waals surface area (Å²) in [7, 11) is 0. The molecule has 0 atom stereocenters. The molecule has 0 saturated carbocycles. The largest absolute Gasteiger partial charge is 0.293 e. The van der Waals surface area contributed by atoms with Gasteiger partial charge < -0.3 is 0 Å². The summed E-state index contributed by atoms with van der Waals surface area (Å²) in [6.07, 6.45) is 3.86. The molecule has 0 spiro atoms. The molecule has 4 heteroatoms. The molecular weight excluding hydrogens is 518 g/mol. The van der Waals surface area contributed by atoms with Crippen molar-refractivity contribution in [1.82, 2.24) is 14.5 Å². The van der Waals surface area contributed by atoms with E-state index in [1.807, 2.05) is 30.2 Å². The highest BCUT2D eigenvalue weighted by atomic mass is 32.2. The molecule has 9 rings (SSSR count). The lowest BCUT2D eigenvalue weighted by Gasteiger charge is -2.36. The van der Waals surface area contributed by atoms with Crippen molar-refractivity contribution in [2.24, 2.45) is 0 Å². The van der Waals surface area contributed by atoms with Gasteiger partial charge in [-0.15, -0.1) is 0 Å². The monoisotopic (exact) mass is 543 g/mol. The lowest BCUT2D eigenvalue weighted by atomic mass is 9.75. The zero-order valence-corrected chi connectivity index (χ0v) is 23.5. The number of aromatic nitrogens is 3. The summed E-state index contributed by atoms with van der Waals surface area (Å²) in [5, 5.41) is 8.50. The van der Waals surface area contributed by atoms with E-state index >= 15 is 0 Å². The molecule has 194 valence electrons. The maximum Gasteiger partial charge on any atom is 0.138 e. The number of pyridine rings is 2. The Labute approximate surface area is 241 Å². The second-order valence-corrected chi connectivity index (χ2v) is 12.5. The van der Waals surface area contributed by atoms with E-state index in [0.29, 0.717) is 0 Å². The first-order valence-electron chi connectivity index (χ1n) is 14.0. The van der Waals surface area contributed by atoms with Crippen LogP contribution in [0.3, 0.4) is 0 Å². The number of hydrogen-bond acceptors (Lipinski definition) is 3. The number of hydrogen-bond donors (Lipinski definition) is 0. The van der Waals surface area contributed by atoms with E-state index in [1.54, 1.807) is 0 Å². The molecule has 1 aliphatic rings. The van der Waals surface area contributed by atoms with Gasteiger partial charge in [0.1, 0.15) is 5.82 Å². The molecule has 0 amide bonds. The van der Waals surface area contributed by atoms with E-state index < -0.39 is 0 Å². The quantitative estimate of drug-likeness (QED) is 0.193. The molecule has 0 aliphatic carbocycles. The minimum Gasteiger partial charge on any atom is -0.293 e. The fourth-order valence-corrected chi connectivity index (χ4v) is 8.59. The summed E-state index contributed by atoms with van der Waals surface area (Å²) in [4.78, 5) is 12.4. The first-order valence-corrected chi connectivity index (χ1v) is 14.8. The van der Waals surface area contributed by atoms with Crippen molar-refractivity contribution in [2.75, 3.05) is 0 Å². The lowest BCUT2D eigenvalue weighted by molar-refractivity contribution is 0.615.